The third kappa shape index (κ3) is 1.95. The van der Waals surface area contributed by atoms with Crippen LogP contribution >= 0.6 is 0 Å². The van der Waals surface area contributed by atoms with Gasteiger partial charge in [-0.25, -0.2) is 9.37 Å². The number of hydrogen-bond acceptors (Lipinski definition) is 2. The van der Waals surface area contributed by atoms with E-state index in [0.717, 1.165) is 18.7 Å². The molecular weight excluding hydrogens is 181 g/mol. The Hall–Kier alpha value is -0.900. The molecule has 3 nitrogen and oxygen atoms in total. The van der Waals surface area contributed by atoms with Crippen LogP contribution in [0.3, 0.4) is 0 Å². The van der Waals surface area contributed by atoms with Gasteiger partial charge in [-0.2, -0.15) is 0 Å². The first kappa shape index (κ1) is 9.65. The smallest absolute Gasteiger partial charge is 0.122 e. The largest absolute Gasteiger partial charge is 0.337 e. The first-order valence-electron chi connectivity index (χ1n) is 5.11. The Morgan fingerprint density at radius 3 is 3.07 bits per heavy atom. The number of alkyl halides is 1. The Morgan fingerprint density at radius 1 is 1.64 bits per heavy atom. The fraction of sp³-hybridized carbons (Fsp3) is 0.700. The molecule has 1 aromatic heterocycles. The van der Waals surface area contributed by atoms with Gasteiger partial charge in [0.2, 0.25) is 0 Å². The van der Waals surface area contributed by atoms with E-state index < -0.39 is 6.17 Å². The van der Waals surface area contributed by atoms with Crippen molar-refractivity contribution < 1.29 is 4.39 Å². The van der Waals surface area contributed by atoms with Gasteiger partial charge in [0.15, 0.2) is 0 Å². The highest BCUT2D eigenvalue weighted by Gasteiger charge is 2.26. The highest BCUT2D eigenvalue weighted by Crippen LogP contribution is 2.21. The number of aromatic nitrogens is 2. The molecule has 0 spiro atoms. The summed E-state index contributed by atoms with van der Waals surface area (Å²) in [5, 5.41) is 3.22. The zero-order valence-corrected chi connectivity index (χ0v) is 8.41. The van der Waals surface area contributed by atoms with E-state index in [9.17, 15) is 4.39 Å². The minimum Gasteiger partial charge on any atom is -0.337 e. The fourth-order valence-electron chi connectivity index (χ4n) is 1.93. The molecule has 0 bridgehead atoms. The van der Waals surface area contributed by atoms with Crippen molar-refractivity contribution in [2.75, 3.05) is 0 Å². The summed E-state index contributed by atoms with van der Waals surface area (Å²) in [6, 6.07) is 0.0340. The van der Waals surface area contributed by atoms with Gasteiger partial charge in [-0.15, -0.1) is 0 Å². The fourth-order valence-corrected chi connectivity index (χ4v) is 1.93. The van der Waals surface area contributed by atoms with E-state index in [0.29, 0.717) is 13.0 Å². The second kappa shape index (κ2) is 4.09. The van der Waals surface area contributed by atoms with Crippen molar-refractivity contribution in [3.8, 4) is 0 Å². The minimum absolute atomic E-state index is 0.0340. The Kier molecular flexibility index (Phi) is 2.82. The molecule has 1 aliphatic rings. The summed E-state index contributed by atoms with van der Waals surface area (Å²) in [4.78, 5) is 4.18. The number of hydrogen-bond donors (Lipinski definition) is 1. The Bertz CT molecular complexity index is 297. The predicted octanol–water partition coefficient (Wildman–Crippen LogP) is 1.40. The number of imidazole rings is 1. The highest BCUT2D eigenvalue weighted by atomic mass is 19.1. The molecule has 2 rings (SSSR count). The average molecular weight is 197 g/mol. The maximum absolute atomic E-state index is 13.2. The summed E-state index contributed by atoms with van der Waals surface area (Å²) >= 11 is 0. The maximum atomic E-state index is 13.2. The standard InChI is InChI=1S/C10H16FN3/c1-14-6-5-12-10(14)7-13-9-4-2-3-8(9)11/h5-6,8-9,13H,2-4,7H2,1H3/t8-,9+/m0/s1. The second-order valence-electron chi connectivity index (χ2n) is 3.89. The number of aryl methyl sites for hydroxylation is 1. The second-order valence-corrected chi connectivity index (χ2v) is 3.89. The maximum Gasteiger partial charge on any atom is 0.122 e. The van der Waals surface area contributed by atoms with Crippen LogP contribution in [0, 0.1) is 0 Å². The molecule has 1 fully saturated rings. The molecule has 1 aromatic rings. The van der Waals surface area contributed by atoms with Crippen molar-refractivity contribution in [3.63, 3.8) is 0 Å². The van der Waals surface area contributed by atoms with Crippen LogP contribution in [0.25, 0.3) is 0 Å². The Labute approximate surface area is 83.3 Å². The topological polar surface area (TPSA) is 29.9 Å². The summed E-state index contributed by atoms with van der Waals surface area (Å²) < 4.78 is 15.2. The molecule has 4 heteroatoms. The van der Waals surface area contributed by atoms with Crippen LogP contribution in [0.5, 0.6) is 0 Å². The van der Waals surface area contributed by atoms with E-state index in [2.05, 4.69) is 10.3 Å². The van der Waals surface area contributed by atoms with Crippen molar-refractivity contribution in [2.45, 2.75) is 38.0 Å². The molecule has 0 aliphatic heterocycles. The van der Waals surface area contributed by atoms with E-state index in [1.54, 1.807) is 6.20 Å². The van der Waals surface area contributed by atoms with Gasteiger partial charge < -0.3 is 9.88 Å². The lowest BCUT2D eigenvalue weighted by Crippen LogP contribution is -2.33. The molecular formula is C10H16FN3. The van der Waals surface area contributed by atoms with Crippen molar-refractivity contribution in [2.24, 2.45) is 7.05 Å². The molecule has 0 radical (unpaired) electrons. The van der Waals surface area contributed by atoms with Crippen LogP contribution < -0.4 is 5.32 Å². The number of rotatable bonds is 3. The van der Waals surface area contributed by atoms with Crippen LogP contribution in [-0.2, 0) is 13.6 Å². The van der Waals surface area contributed by atoms with Gasteiger partial charge in [-0.05, 0) is 19.3 Å². The van der Waals surface area contributed by atoms with Crippen LogP contribution in [-0.4, -0.2) is 21.8 Å². The van der Waals surface area contributed by atoms with Crippen molar-refractivity contribution in [1.29, 1.82) is 0 Å². The third-order valence-corrected chi connectivity index (χ3v) is 2.87. The zero-order chi connectivity index (χ0) is 9.97. The number of nitrogens with one attached hydrogen (secondary N) is 1. The average Bonchev–Trinajstić information content (AvgIpc) is 2.72. The summed E-state index contributed by atoms with van der Waals surface area (Å²) in [5.41, 5.74) is 0. The van der Waals surface area contributed by atoms with Gasteiger partial charge in [-0.3, -0.25) is 0 Å². The summed E-state index contributed by atoms with van der Waals surface area (Å²) in [5.74, 6) is 0.962. The highest BCUT2D eigenvalue weighted by molar-refractivity contribution is 4.92. The van der Waals surface area contributed by atoms with Crippen molar-refractivity contribution in [1.82, 2.24) is 14.9 Å². The van der Waals surface area contributed by atoms with Crippen LogP contribution in [0.1, 0.15) is 25.1 Å². The van der Waals surface area contributed by atoms with Crippen LogP contribution in [0.2, 0.25) is 0 Å². The van der Waals surface area contributed by atoms with Gasteiger partial charge in [0.1, 0.15) is 12.0 Å². The first-order chi connectivity index (χ1) is 6.77. The molecule has 0 unspecified atom stereocenters. The van der Waals surface area contributed by atoms with Gasteiger partial charge in [0.25, 0.3) is 0 Å². The van der Waals surface area contributed by atoms with Gasteiger partial charge in [0.05, 0.1) is 6.54 Å². The van der Waals surface area contributed by atoms with E-state index in [1.807, 2.05) is 17.8 Å². The van der Waals surface area contributed by atoms with Gasteiger partial charge in [-0.1, -0.05) is 0 Å². The SMILES string of the molecule is Cn1ccnc1CN[C@@H]1CCC[C@@H]1F. The summed E-state index contributed by atoms with van der Waals surface area (Å²) in [6.45, 7) is 0.661. The predicted molar refractivity (Wildman–Crippen MR) is 52.6 cm³/mol. The molecule has 14 heavy (non-hydrogen) atoms. The number of halogens is 1. The van der Waals surface area contributed by atoms with Crippen LogP contribution in [0.4, 0.5) is 4.39 Å². The first-order valence-corrected chi connectivity index (χ1v) is 5.11. The van der Waals surface area contributed by atoms with Gasteiger partial charge in [0, 0.05) is 25.5 Å². The van der Waals surface area contributed by atoms with Crippen molar-refractivity contribution in [3.05, 3.63) is 18.2 Å². The lowest BCUT2D eigenvalue weighted by molar-refractivity contribution is 0.277. The summed E-state index contributed by atoms with van der Waals surface area (Å²) in [6.07, 6.45) is 5.65. The molecule has 1 heterocycles. The van der Waals surface area contributed by atoms with Crippen LogP contribution in [0.15, 0.2) is 12.4 Å². The zero-order valence-electron chi connectivity index (χ0n) is 8.41. The summed E-state index contributed by atoms with van der Waals surface area (Å²) in [7, 11) is 1.95. The molecule has 0 saturated heterocycles. The van der Waals surface area contributed by atoms with E-state index >= 15 is 0 Å². The van der Waals surface area contributed by atoms with Gasteiger partial charge >= 0.3 is 0 Å². The monoisotopic (exact) mass is 197 g/mol. The van der Waals surface area contributed by atoms with E-state index in [-0.39, 0.29) is 6.04 Å². The Balaban J connectivity index is 1.85. The molecule has 0 amide bonds. The molecule has 2 atom stereocenters. The molecule has 78 valence electrons. The molecule has 0 aromatic carbocycles. The lowest BCUT2D eigenvalue weighted by atomic mass is 10.2. The third-order valence-electron chi connectivity index (χ3n) is 2.87. The van der Waals surface area contributed by atoms with E-state index in [1.165, 1.54) is 0 Å². The molecule has 1 aliphatic carbocycles. The molecule has 1 saturated carbocycles. The molecule has 1 N–H and O–H groups in total. The number of nitrogens with zero attached hydrogens (tertiary/aromatic N) is 2. The normalized spacial score (nSPS) is 27.0. The lowest BCUT2D eigenvalue weighted by Gasteiger charge is -2.14. The Morgan fingerprint density at radius 2 is 2.50 bits per heavy atom. The van der Waals surface area contributed by atoms with Crippen molar-refractivity contribution >= 4 is 0 Å². The van der Waals surface area contributed by atoms with E-state index in [4.69, 9.17) is 0 Å². The minimum atomic E-state index is -0.671. The quantitative estimate of drug-likeness (QED) is 0.793.